The number of guanidine groups is 2. The van der Waals surface area contributed by atoms with Gasteiger partial charge in [-0.2, -0.15) is 0 Å². The highest BCUT2D eigenvalue weighted by Gasteiger charge is 2.32. The van der Waals surface area contributed by atoms with E-state index in [0.29, 0.717) is 6.42 Å². The van der Waals surface area contributed by atoms with E-state index in [0.717, 1.165) is 0 Å². The maximum atomic E-state index is 13.0. The Morgan fingerprint density at radius 2 is 1.26 bits per heavy atom. The van der Waals surface area contributed by atoms with Crippen molar-refractivity contribution in [3.8, 4) is 0 Å². The highest BCUT2D eigenvalue weighted by atomic mass is 16.4. The van der Waals surface area contributed by atoms with Crippen molar-refractivity contribution in [2.45, 2.75) is 75.7 Å². The van der Waals surface area contributed by atoms with Gasteiger partial charge in [0.1, 0.15) is 18.1 Å². The molecule has 0 aliphatic rings. The number of carboxylic acids is 2. The van der Waals surface area contributed by atoms with Gasteiger partial charge >= 0.3 is 11.9 Å². The minimum atomic E-state index is -1.55. The van der Waals surface area contributed by atoms with Gasteiger partial charge in [-0.05, 0) is 39.0 Å². The van der Waals surface area contributed by atoms with Gasteiger partial charge in [-0.25, -0.2) is 4.79 Å². The summed E-state index contributed by atoms with van der Waals surface area (Å²) in [6.45, 7) is 1.54. The average molecular weight is 561 g/mol. The molecule has 0 radical (unpaired) electrons. The van der Waals surface area contributed by atoms with Crippen molar-refractivity contribution < 1.29 is 39.3 Å². The van der Waals surface area contributed by atoms with Crippen molar-refractivity contribution in [3.05, 3.63) is 0 Å². The summed E-state index contributed by atoms with van der Waals surface area (Å²) in [4.78, 5) is 68.2. The standard InChI is InChI=1S/C21H40N10O8/c1-10(32)15(31-16(35)11(22)4-2-8-27-20(23)24)18(37)29-12(5-3-9-28-21(25)26)17(36)30-13(19(38)39)6-7-14(33)34/h10-13,15,32H,2-9,22H2,1H3,(H,29,37)(H,30,36)(H,31,35)(H,33,34)(H,38,39)(H4,23,24,27)(H4,25,26,28). The molecule has 0 aromatic rings. The summed E-state index contributed by atoms with van der Waals surface area (Å²) in [5, 5.41) is 35.2. The van der Waals surface area contributed by atoms with Gasteiger partial charge in [0.05, 0.1) is 12.1 Å². The Hall–Kier alpha value is -4.19. The van der Waals surface area contributed by atoms with Crippen molar-refractivity contribution in [2.24, 2.45) is 38.7 Å². The summed E-state index contributed by atoms with van der Waals surface area (Å²) in [6.07, 6.45) is -1.70. The van der Waals surface area contributed by atoms with Gasteiger partial charge < -0.3 is 59.9 Å². The van der Waals surface area contributed by atoms with E-state index < -0.39 is 72.8 Å². The lowest BCUT2D eigenvalue weighted by Gasteiger charge is -2.26. The molecule has 5 atom stereocenters. The van der Waals surface area contributed by atoms with Crippen LogP contribution >= 0.6 is 0 Å². The average Bonchev–Trinajstić information content (AvgIpc) is 2.83. The van der Waals surface area contributed by atoms with Crippen molar-refractivity contribution >= 4 is 41.6 Å². The van der Waals surface area contributed by atoms with Gasteiger partial charge in [0.2, 0.25) is 17.7 Å². The van der Waals surface area contributed by atoms with E-state index in [1.165, 1.54) is 6.92 Å². The predicted octanol–water partition coefficient (Wildman–Crippen LogP) is -4.79. The normalized spacial score (nSPS) is 14.4. The second-order valence-electron chi connectivity index (χ2n) is 8.62. The predicted molar refractivity (Wildman–Crippen MR) is 140 cm³/mol. The molecule has 5 unspecified atom stereocenters. The zero-order chi connectivity index (χ0) is 30.1. The van der Waals surface area contributed by atoms with E-state index in [1.54, 1.807) is 0 Å². The topological polar surface area (TPSA) is 337 Å². The van der Waals surface area contributed by atoms with Gasteiger partial charge in [-0.3, -0.25) is 29.2 Å². The first-order valence-electron chi connectivity index (χ1n) is 12.1. The lowest BCUT2D eigenvalue weighted by molar-refractivity contribution is -0.143. The molecule has 0 saturated carbocycles. The molecule has 3 amide bonds. The fourth-order valence-corrected chi connectivity index (χ4v) is 3.15. The third-order valence-electron chi connectivity index (χ3n) is 5.21. The number of nitrogens with one attached hydrogen (secondary N) is 3. The molecule has 0 saturated heterocycles. The second-order valence-corrected chi connectivity index (χ2v) is 8.62. The Bertz CT molecular complexity index is 903. The SMILES string of the molecule is CC(O)C(NC(=O)C(N)CCCN=C(N)N)C(=O)NC(CCCN=C(N)N)C(=O)NC(CCC(=O)O)C(=O)O. The lowest BCUT2D eigenvalue weighted by Crippen LogP contribution is -2.59. The van der Waals surface area contributed by atoms with Crippen LogP contribution in [0.3, 0.4) is 0 Å². The molecule has 0 aromatic heterocycles. The number of aliphatic carboxylic acids is 2. The minimum absolute atomic E-state index is 0.0651. The molecule has 0 heterocycles. The Kier molecular flexibility index (Phi) is 16.2. The van der Waals surface area contributed by atoms with E-state index in [1.807, 2.05) is 0 Å². The summed E-state index contributed by atoms with van der Waals surface area (Å²) < 4.78 is 0. The third-order valence-corrected chi connectivity index (χ3v) is 5.21. The van der Waals surface area contributed by atoms with Crippen LogP contribution in [0.4, 0.5) is 0 Å². The minimum Gasteiger partial charge on any atom is -0.481 e. The van der Waals surface area contributed by atoms with Gasteiger partial charge in [0, 0.05) is 19.5 Å². The van der Waals surface area contributed by atoms with Crippen LogP contribution in [0.25, 0.3) is 0 Å². The number of aliphatic hydroxyl groups is 1. The number of nitrogens with two attached hydrogens (primary N) is 5. The van der Waals surface area contributed by atoms with Gasteiger partial charge in [0.25, 0.3) is 0 Å². The number of aliphatic imine (C=N–C) groups is 2. The van der Waals surface area contributed by atoms with Gasteiger partial charge in [-0.1, -0.05) is 0 Å². The first-order valence-corrected chi connectivity index (χ1v) is 12.1. The maximum absolute atomic E-state index is 13.0. The van der Waals surface area contributed by atoms with Gasteiger partial charge in [0.15, 0.2) is 11.9 Å². The highest BCUT2D eigenvalue weighted by Crippen LogP contribution is 2.05. The molecule has 0 aromatic carbocycles. The molecule has 0 fully saturated rings. The van der Waals surface area contributed by atoms with Gasteiger partial charge in [-0.15, -0.1) is 0 Å². The number of carbonyl (C=O) groups excluding carboxylic acids is 3. The number of rotatable bonds is 19. The largest absolute Gasteiger partial charge is 0.481 e. The van der Waals surface area contributed by atoms with Crippen LogP contribution in [-0.2, 0) is 24.0 Å². The van der Waals surface area contributed by atoms with E-state index in [2.05, 4.69) is 25.9 Å². The van der Waals surface area contributed by atoms with Crippen LogP contribution in [-0.4, -0.2) is 100 Å². The number of hydrogen-bond donors (Lipinski definition) is 11. The van der Waals surface area contributed by atoms with Crippen LogP contribution in [0.15, 0.2) is 9.98 Å². The van der Waals surface area contributed by atoms with Crippen LogP contribution in [0.1, 0.15) is 45.4 Å². The summed E-state index contributed by atoms with van der Waals surface area (Å²) >= 11 is 0. The van der Waals surface area contributed by atoms with Crippen molar-refractivity contribution in [1.29, 1.82) is 0 Å². The molecular formula is C21H40N10O8. The zero-order valence-corrected chi connectivity index (χ0v) is 21.7. The van der Waals surface area contributed by atoms with E-state index in [9.17, 15) is 34.2 Å². The fourth-order valence-electron chi connectivity index (χ4n) is 3.15. The quantitative estimate of drug-likeness (QED) is 0.0401. The van der Waals surface area contributed by atoms with Crippen LogP contribution in [0.2, 0.25) is 0 Å². The summed E-state index contributed by atoms with van der Waals surface area (Å²) in [5.41, 5.74) is 26.8. The molecule has 222 valence electrons. The molecular weight excluding hydrogens is 520 g/mol. The molecule has 16 N–H and O–H groups in total. The number of carbonyl (C=O) groups is 5. The molecule has 0 rings (SSSR count). The fraction of sp³-hybridized carbons (Fsp3) is 0.667. The molecule has 0 aliphatic heterocycles. The first-order chi connectivity index (χ1) is 18.1. The molecule has 18 nitrogen and oxygen atoms in total. The Morgan fingerprint density at radius 3 is 1.72 bits per heavy atom. The molecule has 39 heavy (non-hydrogen) atoms. The smallest absolute Gasteiger partial charge is 0.326 e. The van der Waals surface area contributed by atoms with Crippen molar-refractivity contribution in [1.82, 2.24) is 16.0 Å². The molecule has 18 heteroatoms. The van der Waals surface area contributed by atoms with E-state index >= 15 is 0 Å². The third kappa shape index (κ3) is 15.6. The second kappa shape index (κ2) is 18.1. The number of aliphatic hydroxyl groups excluding tert-OH is 1. The van der Waals surface area contributed by atoms with E-state index in [-0.39, 0.29) is 44.3 Å². The van der Waals surface area contributed by atoms with Crippen molar-refractivity contribution in [3.63, 3.8) is 0 Å². The molecule has 0 aliphatic carbocycles. The number of amides is 3. The highest BCUT2D eigenvalue weighted by molar-refractivity contribution is 5.94. The van der Waals surface area contributed by atoms with Crippen molar-refractivity contribution in [2.75, 3.05) is 13.1 Å². The number of carboxylic acid groups (broad SMARTS) is 2. The number of nitrogens with zero attached hydrogens (tertiary/aromatic N) is 2. The maximum Gasteiger partial charge on any atom is 0.326 e. The van der Waals surface area contributed by atoms with Crippen LogP contribution in [0.5, 0.6) is 0 Å². The zero-order valence-electron chi connectivity index (χ0n) is 21.7. The summed E-state index contributed by atoms with van der Waals surface area (Å²) in [5.74, 6) is -5.70. The Morgan fingerprint density at radius 1 is 0.744 bits per heavy atom. The summed E-state index contributed by atoms with van der Waals surface area (Å²) in [7, 11) is 0. The van der Waals surface area contributed by atoms with Crippen LogP contribution in [0, 0.1) is 0 Å². The molecule has 0 bridgehead atoms. The monoisotopic (exact) mass is 560 g/mol. The molecule has 0 spiro atoms. The Balaban J connectivity index is 5.51. The van der Waals surface area contributed by atoms with Crippen LogP contribution < -0.4 is 44.6 Å². The first kappa shape index (κ1) is 34.8. The number of hydrogen-bond acceptors (Lipinski definition) is 9. The Labute approximate surface area is 224 Å². The summed E-state index contributed by atoms with van der Waals surface area (Å²) in [6, 6.07) is -5.46. The lowest BCUT2D eigenvalue weighted by atomic mass is 10.1. The van der Waals surface area contributed by atoms with E-state index in [4.69, 9.17) is 33.8 Å².